The lowest BCUT2D eigenvalue weighted by Gasteiger charge is -2.20. The van der Waals surface area contributed by atoms with Gasteiger partial charge in [0.05, 0.1) is 23.7 Å². The molecule has 0 radical (unpaired) electrons. The van der Waals surface area contributed by atoms with Crippen molar-refractivity contribution in [2.45, 2.75) is 13.3 Å². The van der Waals surface area contributed by atoms with Crippen molar-refractivity contribution >= 4 is 23.2 Å². The van der Waals surface area contributed by atoms with Crippen LogP contribution in [-0.2, 0) is 11.2 Å². The first-order valence-corrected chi connectivity index (χ1v) is 8.14. The molecular weight excluding hydrogens is 330 g/mol. The fourth-order valence-electron chi connectivity index (χ4n) is 2.41. The number of carbonyl (C=O) groups is 1. The SMILES string of the molecule is CCOc1ccc(CC(=O)Nc2cc3c(cc2Cl)OCCO3)cc1. The van der Waals surface area contributed by atoms with Gasteiger partial charge >= 0.3 is 0 Å². The average Bonchev–Trinajstić information content (AvgIpc) is 2.57. The van der Waals surface area contributed by atoms with Crippen molar-refractivity contribution in [2.75, 3.05) is 25.1 Å². The number of benzene rings is 2. The highest BCUT2D eigenvalue weighted by Crippen LogP contribution is 2.37. The number of hydrogen-bond donors (Lipinski definition) is 1. The number of carbonyl (C=O) groups excluding carboxylic acids is 1. The number of amides is 1. The van der Waals surface area contributed by atoms with Gasteiger partial charge < -0.3 is 19.5 Å². The molecule has 1 heterocycles. The number of anilines is 1. The van der Waals surface area contributed by atoms with E-state index in [1.165, 1.54) is 0 Å². The van der Waals surface area contributed by atoms with E-state index >= 15 is 0 Å². The first-order valence-electron chi connectivity index (χ1n) is 7.76. The lowest BCUT2D eigenvalue weighted by molar-refractivity contribution is -0.115. The van der Waals surface area contributed by atoms with Crippen LogP contribution in [0.15, 0.2) is 36.4 Å². The van der Waals surface area contributed by atoms with Crippen molar-refractivity contribution in [3.63, 3.8) is 0 Å². The highest BCUT2D eigenvalue weighted by Gasteiger charge is 2.16. The summed E-state index contributed by atoms with van der Waals surface area (Å²) in [5, 5.41) is 3.23. The van der Waals surface area contributed by atoms with Crippen LogP contribution in [0, 0.1) is 0 Å². The molecule has 2 aromatic carbocycles. The van der Waals surface area contributed by atoms with Crippen molar-refractivity contribution in [2.24, 2.45) is 0 Å². The van der Waals surface area contributed by atoms with Crippen LogP contribution in [0.4, 0.5) is 5.69 Å². The van der Waals surface area contributed by atoms with E-state index in [2.05, 4.69) is 5.32 Å². The minimum Gasteiger partial charge on any atom is -0.494 e. The highest BCUT2D eigenvalue weighted by molar-refractivity contribution is 6.34. The first kappa shape index (κ1) is 16.5. The smallest absolute Gasteiger partial charge is 0.228 e. The van der Waals surface area contributed by atoms with Gasteiger partial charge in [-0.05, 0) is 24.6 Å². The predicted molar refractivity (Wildman–Crippen MR) is 92.4 cm³/mol. The Morgan fingerprint density at radius 1 is 1.17 bits per heavy atom. The van der Waals surface area contributed by atoms with Crippen LogP contribution in [0.1, 0.15) is 12.5 Å². The summed E-state index contributed by atoms with van der Waals surface area (Å²) in [6.45, 7) is 3.52. The lowest BCUT2D eigenvalue weighted by Crippen LogP contribution is -2.17. The summed E-state index contributed by atoms with van der Waals surface area (Å²) in [5.41, 5.74) is 1.40. The van der Waals surface area contributed by atoms with Crippen LogP contribution in [-0.4, -0.2) is 25.7 Å². The molecule has 126 valence electrons. The minimum atomic E-state index is -0.155. The van der Waals surface area contributed by atoms with Gasteiger partial charge in [-0.1, -0.05) is 23.7 Å². The maximum atomic E-state index is 12.2. The van der Waals surface area contributed by atoms with Gasteiger partial charge in [-0.2, -0.15) is 0 Å². The molecule has 6 heteroatoms. The number of nitrogens with one attached hydrogen (secondary N) is 1. The highest BCUT2D eigenvalue weighted by atomic mass is 35.5. The summed E-state index contributed by atoms with van der Waals surface area (Å²) in [7, 11) is 0. The molecular formula is C18H18ClNO4. The van der Waals surface area contributed by atoms with E-state index in [4.69, 9.17) is 25.8 Å². The average molecular weight is 348 g/mol. The maximum absolute atomic E-state index is 12.2. The number of hydrogen-bond acceptors (Lipinski definition) is 4. The topological polar surface area (TPSA) is 56.8 Å². The predicted octanol–water partition coefficient (Wildman–Crippen LogP) is 3.69. The summed E-state index contributed by atoms with van der Waals surface area (Å²) in [6.07, 6.45) is 0.247. The fourth-order valence-corrected chi connectivity index (χ4v) is 2.61. The minimum absolute atomic E-state index is 0.155. The Morgan fingerprint density at radius 3 is 2.50 bits per heavy atom. The number of fused-ring (bicyclic) bond motifs is 1. The van der Waals surface area contributed by atoms with Crippen LogP contribution in [0.25, 0.3) is 0 Å². The van der Waals surface area contributed by atoms with Gasteiger partial charge in [0, 0.05) is 12.1 Å². The van der Waals surface area contributed by atoms with E-state index < -0.39 is 0 Å². The van der Waals surface area contributed by atoms with E-state index in [0.717, 1.165) is 11.3 Å². The van der Waals surface area contributed by atoms with E-state index in [1.807, 2.05) is 31.2 Å². The van der Waals surface area contributed by atoms with Gasteiger partial charge in [-0.15, -0.1) is 0 Å². The summed E-state index contributed by atoms with van der Waals surface area (Å²) in [5.74, 6) is 1.81. The van der Waals surface area contributed by atoms with Gasteiger partial charge in [0.1, 0.15) is 19.0 Å². The van der Waals surface area contributed by atoms with Crippen molar-refractivity contribution < 1.29 is 19.0 Å². The zero-order valence-corrected chi connectivity index (χ0v) is 14.1. The van der Waals surface area contributed by atoms with E-state index in [0.29, 0.717) is 42.0 Å². The monoisotopic (exact) mass is 347 g/mol. The van der Waals surface area contributed by atoms with Gasteiger partial charge in [0.25, 0.3) is 0 Å². The Morgan fingerprint density at radius 2 is 1.83 bits per heavy atom. The Hall–Kier alpha value is -2.40. The molecule has 0 spiro atoms. The van der Waals surface area contributed by atoms with Crippen LogP contribution in [0.3, 0.4) is 0 Å². The summed E-state index contributed by atoms with van der Waals surface area (Å²) in [4.78, 5) is 12.2. The molecule has 2 aromatic rings. The number of ether oxygens (including phenoxy) is 3. The maximum Gasteiger partial charge on any atom is 0.228 e. The molecule has 1 aliphatic heterocycles. The van der Waals surface area contributed by atoms with Crippen molar-refractivity contribution in [1.29, 1.82) is 0 Å². The second kappa shape index (κ2) is 7.45. The third kappa shape index (κ3) is 3.92. The molecule has 0 bridgehead atoms. The van der Waals surface area contributed by atoms with Crippen molar-refractivity contribution in [3.05, 3.63) is 47.0 Å². The number of halogens is 1. The molecule has 5 nitrogen and oxygen atoms in total. The third-order valence-corrected chi connectivity index (χ3v) is 3.82. The second-order valence-electron chi connectivity index (χ2n) is 5.28. The molecule has 0 aliphatic carbocycles. The summed E-state index contributed by atoms with van der Waals surface area (Å²) in [6, 6.07) is 10.8. The molecule has 1 N–H and O–H groups in total. The second-order valence-corrected chi connectivity index (χ2v) is 5.68. The zero-order chi connectivity index (χ0) is 16.9. The van der Waals surface area contributed by atoms with E-state index in [1.54, 1.807) is 12.1 Å². The molecule has 0 saturated carbocycles. The van der Waals surface area contributed by atoms with Gasteiger partial charge in [0.15, 0.2) is 11.5 Å². The lowest BCUT2D eigenvalue weighted by atomic mass is 10.1. The number of rotatable bonds is 5. The van der Waals surface area contributed by atoms with Gasteiger partial charge in [0.2, 0.25) is 5.91 Å². The molecule has 0 aromatic heterocycles. The molecule has 1 aliphatic rings. The fraction of sp³-hybridized carbons (Fsp3) is 0.278. The quantitative estimate of drug-likeness (QED) is 0.896. The largest absolute Gasteiger partial charge is 0.494 e. The molecule has 0 unspecified atom stereocenters. The van der Waals surface area contributed by atoms with Gasteiger partial charge in [-0.3, -0.25) is 4.79 Å². The normalized spacial score (nSPS) is 12.6. The van der Waals surface area contributed by atoms with Crippen LogP contribution in [0.2, 0.25) is 5.02 Å². The molecule has 0 atom stereocenters. The Labute approximate surface area is 145 Å². The third-order valence-electron chi connectivity index (χ3n) is 3.50. The molecule has 0 fully saturated rings. The molecule has 24 heavy (non-hydrogen) atoms. The van der Waals surface area contributed by atoms with Crippen LogP contribution >= 0.6 is 11.6 Å². The van der Waals surface area contributed by atoms with Crippen LogP contribution in [0.5, 0.6) is 17.2 Å². The van der Waals surface area contributed by atoms with Crippen molar-refractivity contribution in [3.8, 4) is 17.2 Å². The van der Waals surface area contributed by atoms with E-state index in [9.17, 15) is 4.79 Å². The first-order chi connectivity index (χ1) is 11.7. The van der Waals surface area contributed by atoms with E-state index in [-0.39, 0.29) is 12.3 Å². The van der Waals surface area contributed by atoms with Crippen LogP contribution < -0.4 is 19.5 Å². The van der Waals surface area contributed by atoms with Crippen molar-refractivity contribution in [1.82, 2.24) is 0 Å². The Bertz CT molecular complexity index is 731. The Balaban J connectivity index is 1.66. The summed E-state index contributed by atoms with van der Waals surface area (Å²) >= 11 is 6.20. The molecule has 0 saturated heterocycles. The zero-order valence-electron chi connectivity index (χ0n) is 13.3. The molecule has 3 rings (SSSR count). The van der Waals surface area contributed by atoms with Gasteiger partial charge in [-0.25, -0.2) is 0 Å². The Kier molecular flexibility index (Phi) is 5.11. The standard InChI is InChI=1S/C18H18ClNO4/c1-2-22-13-5-3-12(4-6-13)9-18(21)20-15-11-17-16(10-14(15)19)23-7-8-24-17/h3-6,10-11H,2,7-9H2,1H3,(H,20,21). The molecule has 1 amide bonds. The summed E-state index contributed by atoms with van der Waals surface area (Å²) < 4.78 is 16.3.